The molecule has 1 aliphatic heterocycles. The number of nitrogens with one attached hydrogen (secondary N) is 1. The summed E-state index contributed by atoms with van der Waals surface area (Å²) in [7, 11) is 0. The lowest BCUT2D eigenvalue weighted by molar-refractivity contribution is -0.141. The van der Waals surface area contributed by atoms with Crippen LogP contribution in [-0.2, 0) is 9.59 Å². The summed E-state index contributed by atoms with van der Waals surface area (Å²) >= 11 is 1.69. The van der Waals surface area contributed by atoms with Crippen LogP contribution in [0.4, 0.5) is 0 Å². The second kappa shape index (κ2) is 8.58. The summed E-state index contributed by atoms with van der Waals surface area (Å²) < 4.78 is 0. The highest BCUT2D eigenvalue weighted by Crippen LogP contribution is 2.31. The van der Waals surface area contributed by atoms with Gasteiger partial charge in [-0.2, -0.15) is 0 Å². The number of rotatable bonds is 3. The quantitative estimate of drug-likeness (QED) is 0.804. The average molecular weight is 362 g/mol. The minimum Gasteiger partial charge on any atom is -0.352 e. The van der Waals surface area contributed by atoms with Crippen molar-refractivity contribution in [3.8, 4) is 0 Å². The normalized spacial score (nSPS) is 31.7. The molecule has 132 valence electrons. The van der Waals surface area contributed by atoms with Gasteiger partial charge < -0.3 is 16.0 Å². The number of carbonyl (C=O) groups is 2. The molecule has 1 saturated heterocycles. The highest BCUT2D eigenvalue weighted by molar-refractivity contribution is 7.99. The molecule has 2 amide bonds. The van der Waals surface area contributed by atoms with Crippen molar-refractivity contribution < 1.29 is 9.59 Å². The van der Waals surface area contributed by atoms with E-state index < -0.39 is 0 Å². The van der Waals surface area contributed by atoms with Crippen LogP contribution >= 0.6 is 24.2 Å². The molecule has 3 fully saturated rings. The highest BCUT2D eigenvalue weighted by Gasteiger charge is 2.38. The number of carbonyl (C=O) groups excluding carboxylic acids is 2. The highest BCUT2D eigenvalue weighted by atomic mass is 35.5. The topological polar surface area (TPSA) is 75.4 Å². The first-order valence-corrected chi connectivity index (χ1v) is 9.75. The zero-order valence-corrected chi connectivity index (χ0v) is 15.2. The maximum absolute atomic E-state index is 12.6. The second-order valence-corrected chi connectivity index (χ2v) is 7.93. The molecule has 2 aliphatic carbocycles. The van der Waals surface area contributed by atoms with Crippen molar-refractivity contribution in [2.75, 3.05) is 11.6 Å². The Balaban J connectivity index is 0.00000192. The van der Waals surface area contributed by atoms with Gasteiger partial charge in [-0.3, -0.25) is 9.59 Å². The third-order valence-corrected chi connectivity index (χ3v) is 6.30. The molecular weight excluding hydrogens is 334 g/mol. The van der Waals surface area contributed by atoms with Crippen molar-refractivity contribution in [3.05, 3.63) is 0 Å². The Labute approximate surface area is 148 Å². The Morgan fingerprint density at radius 2 is 1.70 bits per heavy atom. The summed E-state index contributed by atoms with van der Waals surface area (Å²) in [4.78, 5) is 27.0. The summed E-state index contributed by atoms with van der Waals surface area (Å²) in [5.74, 6) is 1.80. The number of hydrogen-bond acceptors (Lipinski definition) is 4. The van der Waals surface area contributed by atoms with Crippen LogP contribution in [0.1, 0.15) is 51.4 Å². The van der Waals surface area contributed by atoms with E-state index in [0.717, 1.165) is 57.1 Å². The lowest BCUT2D eigenvalue weighted by Crippen LogP contribution is -2.52. The van der Waals surface area contributed by atoms with E-state index in [9.17, 15) is 9.59 Å². The van der Waals surface area contributed by atoms with Gasteiger partial charge in [0.15, 0.2) is 0 Å². The van der Waals surface area contributed by atoms with Crippen LogP contribution in [0.15, 0.2) is 0 Å². The Morgan fingerprint density at radius 1 is 1.04 bits per heavy atom. The van der Waals surface area contributed by atoms with Crippen molar-refractivity contribution in [2.24, 2.45) is 11.7 Å². The van der Waals surface area contributed by atoms with Crippen molar-refractivity contribution >= 4 is 36.0 Å². The number of nitrogens with two attached hydrogens (primary N) is 1. The lowest BCUT2D eigenvalue weighted by atomic mass is 9.91. The van der Waals surface area contributed by atoms with Crippen molar-refractivity contribution in [1.82, 2.24) is 10.2 Å². The predicted molar refractivity (Wildman–Crippen MR) is 95.5 cm³/mol. The van der Waals surface area contributed by atoms with E-state index in [2.05, 4.69) is 5.32 Å². The minimum atomic E-state index is -0.270. The molecule has 23 heavy (non-hydrogen) atoms. The van der Waals surface area contributed by atoms with Gasteiger partial charge in [-0.05, 0) is 38.5 Å². The Kier molecular flexibility index (Phi) is 7.04. The molecule has 2 saturated carbocycles. The number of nitrogens with zero attached hydrogens (tertiary/aromatic N) is 1. The van der Waals surface area contributed by atoms with E-state index in [-0.39, 0.29) is 48.3 Å². The summed E-state index contributed by atoms with van der Waals surface area (Å²) in [5, 5.41) is 3.16. The molecule has 1 heterocycles. The van der Waals surface area contributed by atoms with E-state index >= 15 is 0 Å². The molecule has 7 heteroatoms. The molecule has 0 bridgehead atoms. The molecule has 0 aromatic heterocycles. The fraction of sp³-hybridized carbons (Fsp3) is 0.875. The second-order valence-electron chi connectivity index (χ2n) is 6.93. The number of hydrogen-bond donors (Lipinski definition) is 2. The largest absolute Gasteiger partial charge is 0.352 e. The Morgan fingerprint density at radius 3 is 2.35 bits per heavy atom. The molecule has 0 aromatic rings. The number of amides is 2. The molecule has 1 unspecified atom stereocenters. The van der Waals surface area contributed by atoms with Gasteiger partial charge in [0.2, 0.25) is 11.8 Å². The molecule has 3 rings (SSSR count). The summed E-state index contributed by atoms with van der Waals surface area (Å²) in [6.45, 7) is 0. The van der Waals surface area contributed by atoms with Gasteiger partial charge in [-0.1, -0.05) is 12.8 Å². The van der Waals surface area contributed by atoms with Gasteiger partial charge in [0, 0.05) is 23.8 Å². The molecule has 1 atom stereocenters. The van der Waals surface area contributed by atoms with Crippen LogP contribution in [-0.4, -0.2) is 46.5 Å². The van der Waals surface area contributed by atoms with Crippen molar-refractivity contribution in [2.45, 2.75) is 69.5 Å². The third kappa shape index (κ3) is 4.54. The van der Waals surface area contributed by atoms with E-state index in [1.807, 2.05) is 4.90 Å². The molecule has 0 spiro atoms. The molecule has 3 aliphatic rings. The zero-order chi connectivity index (χ0) is 15.5. The fourth-order valence-corrected chi connectivity index (χ4v) is 5.01. The zero-order valence-electron chi connectivity index (χ0n) is 13.5. The van der Waals surface area contributed by atoms with Crippen molar-refractivity contribution in [1.29, 1.82) is 0 Å². The van der Waals surface area contributed by atoms with Crippen LogP contribution in [0.3, 0.4) is 0 Å². The number of halogens is 1. The van der Waals surface area contributed by atoms with E-state index in [1.54, 1.807) is 11.8 Å². The molecule has 3 N–H and O–H groups in total. The van der Waals surface area contributed by atoms with Gasteiger partial charge in [-0.15, -0.1) is 24.2 Å². The van der Waals surface area contributed by atoms with Gasteiger partial charge in [-0.25, -0.2) is 0 Å². The standard InChI is InChI=1S/C16H27N3O2S.ClH/c17-12-5-7-13(8-6-12)18-15(20)14-9-22-10-19(14)16(21)11-3-1-2-4-11;/h11-14H,1-10,17H2,(H,18,20);1H. The maximum Gasteiger partial charge on any atom is 0.243 e. The minimum absolute atomic E-state index is 0. The van der Waals surface area contributed by atoms with Crippen LogP contribution < -0.4 is 11.1 Å². The Hall–Kier alpha value is -0.460. The molecular formula is C16H28ClN3O2S. The molecule has 0 aromatic carbocycles. The van der Waals surface area contributed by atoms with E-state index in [4.69, 9.17) is 5.73 Å². The Bertz CT molecular complexity index is 424. The van der Waals surface area contributed by atoms with E-state index in [0.29, 0.717) is 5.88 Å². The van der Waals surface area contributed by atoms with Crippen molar-refractivity contribution in [3.63, 3.8) is 0 Å². The smallest absolute Gasteiger partial charge is 0.243 e. The van der Waals surface area contributed by atoms with E-state index in [1.165, 1.54) is 0 Å². The van der Waals surface area contributed by atoms with Gasteiger partial charge in [0.1, 0.15) is 6.04 Å². The van der Waals surface area contributed by atoms with Crippen LogP contribution in [0.25, 0.3) is 0 Å². The van der Waals surface area contributed by atoms with Crippen LogP contribution in [0.2, 0.25) is 0 Å². The van der Waals surface area contributed by atoms with Gasteiger partial charge >= 0.3 is 0 Å². The first-order chi connectivity index (χ1) is 10.6. The SMILES string of the molecule is Cl.NC1CCC(NC(=O)C2CSCN2C(=O)C2CCCC2)CC1. The summed E-state index contributed by atoms with van der Waals surface area (Å²) in [6.07, 6.45) is 8.17. The average Bonchev–Trinajstić information content (AvgIpc) is 3.20. The fourth-order valence-electron chi connectivity index (χ4n) is 3.85. The van der Waals surface area contributed by atoms with Gasteiger partial charge in [0.05, 0.1) is 5.88 Å². The number of thioether (sulfide) groups is 1. The third-order valence-electron chi connectivity index (χ3n) is 5.29. The monoisotopic (exact) mass is 361 g/mol. The summed E-state index contributed by atoms with van der Waals surface area (Å²) in [6, 6.07) is 0.255. The first kappa shape index (κ1) is 18.9. The van der Waals surface area contributed by atoms with Gasteiger partial charge in [0.25, 0.3) is 0 Å². The van der Waals surface area contributed by atoms with Crippen LogP contribution in [0.5, 0.6) is 0 Å². The first-order valence-electron chi connectivity index (χ1n) is 8.59. The van der Waals surface area contributed by atoms with Crippen LogP contribution in [0, 0.1) is 5.92 Å². The maximum atomic E-state index is 12.6. The lowest BCUT2D eigenvalue weighted by Gasteiger charge is -2.30. The molecule has 0 radical (unpaired) electrons. The predicted octanol–water partition coefficient (Wildman–Crippen LogP) is 1.89. The molecule has 5 nitrogen and oxygen atoms in total. The summed E-state index contributed by atoms with van der Waals surface area (Å²) in [5.41, 5.74) is 5.91.